The third kappa shape index (κ3) is 1.69. The smallest absolute Gasteiger partial charge is 0.0698 e. The van der Waals surface area contributed by atoms with Crippen molar-refractivity contribution in [3.63, 3.8) is 0 Å². The molecule has 1 saturated heterocycles. The fourth-order valence-corrected chi connectivity index (χ4v) is 2.57. The fraction of sp³-hybridized carbons (Fsp3) is 0.357. The molecule has 2 aliphatic rings. The van der Waals surface area contributed by atoms with E-state index >= 15 is 0 Å². The van der Waals surface area contributed by atoms with Gasteiger partial charge in [-0.2, -0.15) is 0 Å². The number of piperidine rings is 1. The van der Waals surface area contributed by atoms with Gasteiger partial charge in [0, 0.05) is 18.2 Å². The van der Waals surface area contributed by atoms with Gasteiger partial charge in [-0.15, -0.1) is 0 Å². The second-order valence-corrected chi connectivity index (χ2v) is 4.66. The number of para-hydroxylation sites is 1. The van der Waals surface area contributed by atoms with Crippen molar-refractivity contribution in [2.24, 2.45) is 10.4 Å². The molecule has 0 aliphatic carbocycles. The number of hydrogen-bond acceptors (Lipinski definition) is 2. The number of nitrogens with one attached hydrogen (secondary N) is 1. The Morgan fingerprint density at radius 2 is 2.19 bits per heavy atom. The zero-order valence-electron chi connectivity index (χ0n) is 9.32. The van der Waals surface area contributed by atoms with Crippen molar-refractivity contribution >= 4 is 6.08 Å². The highest BCUT2D eigenvalue weighted by atomic mass is 14.9. The average molecular weight is 212 g/mol. The van der Waals surface area contributed by atoms with E-state index in [0.29, 0.717) is 0 Å². The minimum atomic E-state index is 0.175. The van der Waals surface area contributed by atoms with Crippen LogP contribution in [0.5, 0.6) is 0 Å². The molecule has 0 aromatic heterocycles. The molecule has 1 N–H and O–H groups in total. The summed E-state index contributed by atoms with van der Waals surface area (Å²) in [6.07, 6.45) is 9.05. The molecule has 1 aromatic rings. The molecule has 0 amide bonds. The minimum Gasteiger partial charge on any atom is -0.316 e. The van der Waals surface area contributed by atoms with Crippen LogP contribution in [-0.4, -0.2) is 13.1 Å². The standard InChI is InChI=1S/C14H16N2/c1-2-5-13-12(4-1)10-14(7-9-16-13)6-3-8-15-11-14/h1-2,4-5,7,9-10,15H,3,6,8,11H2. The summed E-state index contributed by atoms with van der Waals surface area (Å²) in [5.41, 5.74) is 0.175. The Morgan fingerprint density at radius 3 is 3.06 bits per heavy atom. The van der Waals surface area contributed by atoms with Gasteiger partial charge in [-0.05, 0) is 30.7 Å². The van der Waals surface area contributed by atoms with E-state index in [2.05, 4.69) is 40.7 Å². The molecular formula is C14H16N2. The number of hydrogen-bond donors (Lipinski definition) is 1. The Morgan fingerprint density at radius 1 is 1.25 bits per heavy atom. The quantitative estimate of drug-likeness (QED) is 0.681. The van der Waals surface area contributed by atoms with Gasteiger partial charge in [0.25, 0.3) is 0 Å². The summed E-state index contributed by atoms with van der Waals surface area (Å²) in [6.45, 7) is 2.18. The molecule has 82 valence electrons. The van der Waals surface area contributed by atoms with E-state index in [9.17, 15) is 0 Å². The van der Waals surface area contributed by atoms with Gasteiger partial charge >= 0.3 is 0 Å². The van der Waals surface area contributed by atoms with Crippen molar-refractivity contribution in [3.05, 3.63) is 47.1 Å². The van der Waals surface area contributed by atoms with Gasteiger partial charge in [0.2, 0.25) is 0 Å². The van der Waals surface area contributed by atoms with Crippen molar-refractivity contribution in [2.75, 3.05) is 13.1 Å². The van der Waals surface area contributed by atoms with Crippen LogP contribution in [0.25, 0.3) is 6.08 Å². The van der Waals surface area contributed by atoms with Crippen molar-refractivity contribution < 1.29 is 0 Å². The van der Waals surface area contributed by atoms with Gasteiger partial charge in [0.1, 0.15) is 0 Å². The predicted molar refractivity (Wildman–Crippen MR) is 65.4 cm³/mol. The number of fused-ring (bicyclic) bond motifs is 1. The molecule has 2 nitrogen and oxygen atoms in total. The molecular weight excluding hydrogens is 196 g/mol. The minimum absolute atomic E-state index is 0.175. The van der Waals surface area contributed by atoms with Crippen LogP contribution < -0.4 is 15.9 Å². The van der Waals surface area contributed by atoms with Crippen LogP contribution >= 0.6 is 0 Å². The molecule has 0 bridgehead atoms. The van der Waals surface area contributed by atoms with Crippen molar-refractivity contribution in [1.29, 1.82) is 0 Å². The maximum atomic E-state index is 4.50. The maximum Gasteiger partial charge on any atom is 0.0698 e. The van der Waals surface area contributed by atoms with E-state index in [-0.39, 0.29) is 5.41 Å². The zero-order chi connectivity index (χ0) is 10.8. The van der Waals surface area contributed by atoms with Gasteiger partial charge in [0.05, 0.1) is 5.36 Å². The lowest BCUT2D eigenvalue weighted by molar-refractivity contribution is 0.367. The summed E-state index contributed by atoms with van der Waals surface area (Å²) in [7, 11) is 0. The second-order valence-electron chi connectivity index (χ2n) is 4.66. The lowest BCUT2D eigenvalue weighted by Gasteiger charge is -2.31. The third-order valence-electron chi connectivity index (χ3n) is 3.45. The Labute approximate surface area is 95.4 Å². The first-order chi connectivity index (χ1) is 7.88. The largest absolute Gasteiger partial charge is 0.316 e. The van der Waals surface area contributed by atoms with Crippen molar-refractivity contribution in [2.45, 2.75) is 12.8 Å². The number of rotatable bonds is 0. The summed E-state index contributed by atoms with van der Waals surface area (Å²) >= 11 is 0. The number of benzene rings is 1. The van der Waals surface area contributed by atoms with Crippen LogP contribution in [0, 0.1) is 5.41 Å². The highest BCUT2D eigenvalue weighted by Crippen LogP contribution is 2.30. The molecule has 2 heterocycles. The van der Waals surface area contributed by atoms with Crippen LogP contribution in [0.3, 0.4) is 0 Å². The monoisotopic (exact) mass is 212 g/mol. The van der Waals surface area contributed by atoms with Gasteiger partial charge in [-0.3, -0.25) is 4.99 Å². The van der Waals surface area contributed by atoms with Crippen molar-refractivity contribution in [1.82, 2.24) is 5.32 Å². The van der Waals surface area contributed by atoms with Crippen LogP contribution in [-0.2, 0) is 0 Å². The lowest BCUT2D eigenvalue weighted by Crippen LogP contribution is -2.39. The third-order valence-corrected chi connectivity index (χ3v) is 3.45. The summed E-state index contributed by atoms with van der Waals surface area (Å²) in [5, 5.41) is 5.82. The van der Waals surface area contributed by atoms with Crippen LogP contribution in [0.1, 0.15) is 12.8 Å². The topological polar surface area (TPSA) is 24.4 Å². The van der Waals surface area contributed by atoms with Crippen molar-refractivity contribution in [3.8, 4) is 0 Å². The van der Waals surface area contributed by atoms with E-state index in [1.165, 1.54) is 18.1 Å². The first kappa shape index (κ1) is 9.79. The molecule has 2 aliphatic heterocycles. The van der Waals surface area contributed by atoms with Crippen LogP contribution in [0.15, 0.2) is 41.5 Å². The van der Waals surface area contributed by atoms with Gasteiger partial charge in [-0.25, -0.2) is 0 Å². The molecule has 1 aromatic carbocycles. The Bertz CT molecular complexity index is 522. The normalized spacial score (nSPS) is 27.8. The maximum absolute atomic E-state index is 4.50. The van der Waals surface area contributed by atoms with Gasteiger partial charge < -0.3 is 5.32 Å². The van der Waals surface area contributed by atoms with E-state index in [4.69, 9.17) is 0 Å². The Kier molecular flexibility index (Phi) is 2.37. The van der Waals surface area contributed by atoms with E-state index in [1.807, 2.05) is 12.3 Å². The molecule has 3 rings (SSSR count). The fourth-order valence-electron chi connectivity index (χ4n) is 2.57. The second kappa shape index (κ2) is 3.87. The summed E-state index contributed by atoms with van der Waals surface area (Å²) in [5.74, 6) is 0. The average Bonchev–Trinajstić information content (AvgIpc) is 2.49. The zero-order valence-corrected chi connectivity index (χ0v) is 9.32. The molecule has 16 heavy (non-hydrogen) atoms. The molecule has 1 unspecified atom stereocenters. The van der Waals surface area contributed by atoms with Crippen LogP contribution in [0.2, 0.25) is 0 Å². The highest BCUT2D eigenvalue weighted by Gasteiger charge is 2.27. The Balaban J connectivity index is 2.15. The first-order valence-corrected chi connectivity index (χ1v) is 5.92. The number of nitrogens with zero attached hydrogens (tertiary/aromatic N) is 1. The summed E-state index contributed by atoms with van der Waals surface area (Å²) in [6, 6.07) is 8.36. The molecule has 1 spiro atoms. The van der Waals surface area contributed by atoms with E-state index < -0.39 is 0 Å². The molecule has 0 radical (unpaired) electrons. The SMILES string of the molecule is C1=CC2(C=c3ccccc3=N1)CCCNC2. The van der Waals surface area contributed by atoms with Gasteiger partial charge in [-0.1, -0.05) is 30.4 Å². The van der Waals surface area contributed by atoms with E-state index in [0.717, 1.165) is 18.4 Å². The first-order valence-electron chi connectivity index (χ1n) is 5.92. The molecule has 2 heteroatoms. The predicted octanol–water partition coefficient (Wildman–Crippen LogP) is 0.984. The van der Waals surface area contributed by atoms with E-state index in [1.54, 1.807) is 0 Å². The summed E-state index contributed by atoms with van der Waals surface area (Å²) < 4.78 is 0. The Hall–Kier alpha value is -1.41. The lowest BCUT2D eigenvalue weighted by atomic mass is 9.80. The molecule has 1 atom stereocenters. The highest BCUT2D eigenvalue weighted by molar-refractivity contribution is 5.39. The van der Waals surface area contributed by atoms with Gasteiger partial charge in [0.15, 0.2) is 0 Å². The molecule has 1 fully saturated rings. The summed E-state index contributed by atoms with van der Waals surface area (Å²) in [4.78, 5) is 4.50. The van der Waals surface area contributed by atoms with Crippen LogP contribution in [0.4, 0.5) is 0 Å². The molecule has 0 saturated carbocycles.